The molecule has 0 aromatic heterocycles. The second-order valence-electron chi connectivity index (χ2n) is 9.05. The van der Waals surface area contributed by atoms with Crippen molar-refractivity contribution in [3.05, 3.63) is 62.5 Å². The number of rotatable bonds is 10. The Morgan fingerprint density at radius 2 is 1.30 bits per heavy atom. The molecule has 0 saturated heterocycles. The largest absolute Gasteiger partial charge is 0.466 e. The zero-order valence-electron chi connectivity index (χ0n) is 21.9. The van der Waals surface area contributed by atoms with E-state index in [4.69, 9.17) is 0 Å². The first-order valence-corrected chi connectivity index (χ1v) is 11.3. The molecular formula is C23H17F13N2O6. The van der Waals surface area contributed by atoms with Crippen molar-refractivity contribution in [2.75, 3.05) is 13.7 Å². The summed E-state index contributed by atoms with van der Waals surface area (Å²) in [6, 6.07) is 3.81. The zero-order valence-corrected chi connectivity index (χ0v) is 21.9. The predicted molar refractivity (Wildman–Crippen MR) is 118 cm³/mol. The number of hydrogen-bond acceptors (Lipinski definition) is 7. The number of nitro groups is 1. The first kappa shape index (κ1) is 36.1. The molecule has 246 valence electrons. The summed E-state index contributed by atoms with van der Waals surface area (Å²) in [6.07, 6.45) is -7.60. The molecule has 1 N–H and O–H groups in total. The molecule has 1 aliphatic rings. The summed E-state index contributed by atoms with van der Waals surface area (Å²) in [4.78, 5) is 35.7. The van der Waals surface area contributed by atoms with E-state index < -0.39 is 87.7 Å². The van der Waals surface area contributed by atoms with Crippen LogP contribution in [0.15, 0.2) is 46.8 Å². The average molecular weight is 664 g/mol. The van der Waals surface area contributed by atoms with Crippen LogP contribution in [0.3, 0.4) is 0 Å². The molecule has 1 atom stereocenters. The summed E-state index contributed by atoms with van der Waals surface area (Å²) >= 11 is 0. The van der Waals surface area contributed by atoms with Crippen LogP contribution in [0.25, 0.3) is 0 Å². The maximum absolute atomic E-state index is 14.3. The van der Waals surface area contributed by atoms with Crippen LogP contribution in [0.1, 0.15) is 25.3 Å². The van der Waals surface area contributed by atoms with Crippen LogP contribution in [-0.4, -0.2) is 66.4 Å². The fourth-order valence-corrected chi connectivity index (χ4v) is 3.92. The van der Waals surface area contributed by atoms with Gasteiger partial charge in [0, 0.05) is 23.5 Å². The number of alkyl halides is 13. The number of non-ortho nitro benzene ring substituents is 1. The minimum atomic E-state index is -8.15. The Morgan fingerprint density at radius 1 is 0.818 bits per heavy atom. The highest BCUT2D eigenvalue weighted by Gasteiger charge is 2.90. The third-order valence-electron chi connectivity index (χ3n) is 6.18. The summed E-state index contributed by atoms with van der Waals surface area (Å²) in [5, 5.41) is 13.6. The van der Waals surface area contributed by atoms with Crippen molar-refractivity contribution in [1.82, 2.24) is 5.32 Å². The third-order valence-corrected chi connectivity index (χ3v) is 6.18. The summed E-state index contributed by atoms with van der Waals surface area (Å²) in [7, 11) is 0.831. The molecule has 44 heavy (non-hydrogen) atoms. The lowest BCUT2D eigenvalue weighted by Gasteiger charge is -2.39. The van der Waals surface area contributed by atoms with Gasteiger partial charge >= 0.3 is 47.7 Å². The Labute approximate surface area is 236 Å². The van der Waals surface area contributed by atoms with Crippen molar-refractivity contribution in [1.29, 1.82) is 0 Å². The van der Waals surface area contributed by atoms with Gasteiger partial charge < -0.3 is 14.8 Å². The van der Waals surface area contributed by atoms with E-state index >= 15 is 0 Å². The van der Waals surface area contributed by atoms with Crippen LogP contribution in [0.4, 0.5) is 62.8 Å². The standard InChI is InChI=1S/C23H17F13N2O6/c1-9-13(16(39)43-3)15(11-5-4-6-12(7-11)38(41)42)14(10(2)37-9)17(40)44-8-18(24,25)19(26,27)20(28,29)21(30,31)22(32,33)23(34,35)36/h4-7,15,37H,8H2,1-3H3. The number of nitrogens with one attached hydrogen (secondary N) is 1. The fourth-order valence-electron chi connectivity index (χ4n) is 3.92. The van der Waals surface area contributed by atoms with Gasteiger partial charge in [0.15, 0.2) is 6.61 Å². The molecule has 0 radical (unpaired) electrons. The maximum atomic E-state index is 14.3. The van der Waals surface area contributed by atoms with E-state index in [0.29, 0.717) is 0 Å². The quantitative estimate of drug-likeness (QED) is 0.136. The first-order chi connectivity index (χ1) is 19.7. The first-order valence-electron chi connectivity index (χ1n) is 11.3. The van der Waals surface area contributed by atoms with Gasteiger partial charge in [0.2, 0.25) is 0 Å². The topological polar surface area (TPSA) is 108 Å². The Bertz CT molecular complexity index is 1400. The molecule has 1 aliphatic heterocycles. The molecule has 21 heteroatoms. The summed E-state index contributed by atoms with van der Waals surface area (Å²) in [5.74, 6) is -43.9. The van der Waals surface area contributed by atoms with E-state index in [-0.39, 0.29) is 11.3 Å². The van der Waals surface area contributed by atoms with E-state index in [2.05, 4.69) is 14.8 Å². The highest BCUT2D eigenvalue weighted by atomic mass is 19.4. The second-order valence-corrected chi connectivity index (χ2v) is 9.05. The third kappa shape index (κ3) is 5.74. The SMILES string of the molecule is COC(=O)C1=C(C)NC(C)=C(C(=O)OCC(F)(F)C(F)(F)C(F)(F)C(F)(F)C(F)(F)C(F)(F)F)C1c1cccc([N+](=O)[O-])c1. The molecule has 0 saturated carbocycles. The Hall–Kier alpha value is -4.07. The average Bonchev–Trinajstić information content (AvgIpc) is 2.89. The molecule has 1 aromatic carbocycles. The molecule has 0 aliphatic carbocycles. The molecule has 1 heterocycles. The molecule has 8 nitrogen and oxygen atoms in total. The Kier molecular flexibility index (Phi) is 9.40. The molecule has 1 aromatic rings. The van der Waals surface area contributed by atoms with Crippen molar-refractivity contribution in [3.8, 4) is 0 Å². The number of carbonyl (C=O) groups is 2. The molecule has 1 unspecified atom stereocenters. The van der Waals surface area contributed by atoms with Gasteiger partial charge in [0.05, 0.1) is 29.1 Å². The van der Waals surface area contributed by atoms with Crippen LogP contribution in [-0.2, 0) is 19.1 Å². The van der Waals surface area contributed by atoms with E-state index in [0.717, 1.165) is 38.3 Å². The molecule has 0 amide bonds. The van der Waals surface area contributed by atoms with Crippen LogP contribution < -0.4 is 5.32 Å². The van der Waals surface area contributed by atoms with Gasteiger partial charge in [-0.15, -0.1) is 0 Å². The number of dihydropyridines is 1. The molecule has 0 fully saturated rings. The van der Waals surface area contributed by atoms with Crippen molar-refractivity contribution in [2.45, 2.75) is 55.6 Å². The molecular weight excluding hydrogens is 647 g/mol. The van der Waals surface area contributed by atoms with Crippen molar-refractivity contribution in [2.24, 2.45) is 0 Å². The Morgan fingerprint density at radius 3 is 1.75 bits per heavy atom. The number of ether oxygens (including phenoxy) is 2. The lowest BCUT2D eigenvalue weighted by Crippen LogP contribution is -2.70. The normalized spacial score (nSPS) is 17.3. The highest BCUT2D eigenvalue weighted by molar-refractivity contribution is 5.99. The van der Waals surface area contributed by atoms with Crippen molar-refractivity contribution < 1.29 is 81.1 Å². The van der Waals surface area contributed by atoms with Gasteiger partial charge in [-0.2, -0.15) is 57.1 Å². The van der Waals surface area contributed by atoms with Gasteiger partial charge in [0.25, 0.3) is 5.69 Å². The van der Waals surface area contributed by atoms with Gasteiger partial charge in [-0.25, -0.2) is 9.59 Å². The highest BCUT2D eigenvalue weighted by Crippen LogP contribution is 2.60. The molecule has 2 rings (SSSR count). The van der Waals surface area contributed by atoms with E-state index in [1.54, 1.807) is 0 Å². The van der Waals surface area contributed by atoms with Crippen LogP contribution in [0, 0.1) is 10.1 Å². The summed E-state index contributed by atoms with van der Waals surface area (Å²) < 4.78 is 183. The molecule has 0 spiro atoms. The van der Waals surface area contributed by atoms with E-state index in [1.165, 1.54) is 6.92 Å². The number of nitrogens with zero attached hydrogens (tertiary/aromatic N) is 1. The number of allylic oxidation sites excluding steroid dienone is 2. The van der Waals surface area contributed by atoms with Crippen molar-refractivity contribution in [3.63, 3.8) is 0 Å². The number of esters is 2. The Balaban J connectivity index is 2.56. The van der Waals surface area contributed by atoms with Gasteiger partial charge in [-0.05, 0) is 19.4 Å². The summed E-state index contributed by atoms with van der Waals surface area (Å²) in [6.45, 7) is -1.09. The van der Waals surface area contributed by atoms with E-state index in [1.807, 2.05) is 0 Å². The minimum Gasteiger partial charge on any atom is -0.466 e. The lowest BCUT2D eigenvalue weighted by molar-refractivity contribution is -0.441. The predicted octanol–water partition coefficient (Wildman–Crippen LogP) is 6.28. The number of hydrogen-bond donors (Lipinski definition) is 1. The number of methoxy groups -OCH3 is 1. The van der Waals surface area contributed by atoms with Crippen LogP contribution >= 0.6 is 0 Å². The maximum Gasteiger partial charge on any atom is 0.460 e. The number of benzene rings is 1. The molecule has 0 bridgehead atoms. The number of nitro benzene ring substituents is 1. The van der Waals surface area contributed by atoms with Crippen LogP contribution in [0.5, 0.6) is 0 Å². The lowest BCUT2D eigenvalue weighted by atomic mass is 9.80. The monoisotopic (exact) mass is 664 g/mol. The number of halogens is 13. The second kappa shape index (κ2) is 11.5. The fraction of sp³-hybridized carbons (Fsp3) is 0.478. The van der Waals surface area contributed by atoms with Crippen LogP contribution in [0.2, 0.25) is 0 Å². The smallest absolute Gasteiger partial charge is 0.460 e. The zero-order chi connectivity index (χ0) is 34.4. The summed E-state index contributed by atoms with van der Waals surface area (Å²) in [5.41, 5.74) is -2.98. The van der Waals surface area contributed by atoms with Crippen molar-refractivity contribution >= 4 is 17.6 Å². The number of carbonyl (C=O) groups excluding carboxylic acids is 2. The minimum absolute atomic E-state index is 0.105. The van der Waals surface area contributed by atoms with Gasteiger partial charge in [-0.3, -0.25) is 10.1 Å². The van der Waals surface area contributed by atoms with E-state index in [9.17, 15) is 76.8 Å². The van der Waals surface area contributed by atoms with Gasteiger partial charge in [-0.1, -0.05) is 12.1 Å². The van der Waals surface area contributed by atoms with Gasteiger partial charge in [0.1, 0.15) is 0 Å².